The lowest BCUT2D eigenvalue weighted by Gasteiger charge is -2.33. The number of aryl methyl sites for hydroxylation is 2. The van der Waals surface area contributed by atoms with E-state index >= 15 is 0 Å². The Morgan fingerprint density at radius 2 is 2.17 bits per heavy atom. The first-order valence-corrected chi connectivity index (χ1v) is 9.25. The molecule has 0 N–H and O–H groups in total. The Hall–Kier alpha value is -1.92. The van der Waals surface area contributed by atoms with Crippen LogP contribution in [0.2, 0.25) is 0 Å². The minimum atomic E-state index is 0.393. The molecule has 4 rings (SSSR count). The van der Waals surface area contributed by atoms with Gasteiger partial charge < -0.3 is 8.83 Å². The predicted molar refractivity (Wildman–Crippen MR) is 92.8 cm³/mol. The van der Waals surface area contributed by atoms with E-state index in [1.54, 1.807) is 11.3 Å². The second kappa shape index (κ2) is 6.53. The van der Waals surface area contributed by atoms with Crippen molar-refractivity contribution in [2.45, 2.75) is 45.7 Å². The Kier molecular flexibility index (Phi) is 4.24. The van der Waals surface area contributed by atoms with Gasteiger partial charge in [0.15, 0.2) is 5.76 Å². The van der Waals surface area contributed by atoms with Crippen molar-refractivity contribution in [1.82, 2.24) is 14.9 Å². The highest BCUT2D eigenvalue weighted by Crippen LogP contribution is 2.34. The molecule has 126 valence electrons. The maximum absolute atomic E-state index is 5.84. The van der Waals surface area contributed by atoms with E-state index in [1.165, 1.54) is 17.8 Å². The van der Waals surface area contributed by atoms with E-state index in [9.17, 15) is 0 Å². The topological polar surface area (TPSA) is 55.3 Å². The molecule has 0 spiro atoms. The number of piperidine rings is 1. The summed E-state index contributed by atoms with van der Waals surface area (Å²) >= 11 is 1.74. The average Bonchev–Trinajstić information content (AvgIpc) is 3.30. The SMILES string of the molecule is Cc1ccc(-c2nc(CN3CCCC[C@H]3c3nccs3)c(C)o2)o1. The zero-order valence-electron chi connectivity index (χ0n) is 14.0. The van der Waals surface area contributed by atoms with Crippen molar-refractivity contribution in [1.29, 1.82) is 0 Å². The quantitative estimate of drug-likeness (QED) is 0.685. The summed E-state index contributed by atoms with van der Waals surface area (Å²) in [6, 6.07) is 4.23. The van der Waals surface area contributed by atoms with Gasteiger partial charge in [-0.05, 0) is 45.4 Å². The summed E-state index contributed by atoms with van der Waals surface area (Å²) in [5.41, 5.74) is 0.988. The summed E-state index contributed by atoms with van der Waals surface area (Å²) < 4.78 is 11.5. The number of furan rings is 1. The third-order valence-electron chi connectivity index (χ3n) is 4.55. The first-order chi connectivity index (χ1) is 11.7. The maximum Gasteiger partial charge on any atom is 0.263 e. The van der Waals surface area contributed by atoms with Crippen molar-refractivity contribution in [2.24, 2.45) is 0 Å². The Balaban J connectivity index is 1.56. The van der Waals surface area contributed by atoms with Gasteiger partial charge in [-0.25, -0.2) is 9.97 Å². The third kappa shape index (κ3) is 3.03. The van der Waals surface area contributed by atoms with Gasteiger partial charge in [-0.1, -0.05) is 6.42 Å². The van der Waals surface area contributed by atoms with Crippen molar-refractivity contribution >= 4 is 11.3 Å². The normalized spacial score (nSPS) is 19.0. The van der Waals surface area contributed by atoms with Crippen LogP contribution in [-0.4, -0.2) is 21.4 Å². The van der Waals surface area contributed by atoms with E-state index in [4.69, 9.17) is 8.83 Å². The monoisotopic (exact) mass is 343 g/mol. The first kappa shape index (κ1) is 15.6. The summed E-state index contributed by atoms with van der Waals surface area (Å²) in [7, 11) is 0. The number of nitrogens with zero attached hydrogens (tertiary/aromatic N) is 3. The smallest absolute Gasteiger partial charge is 0.263 e. The van der Waals surface area contributed by atoms with Gasteiger partial charge in [0.2, 0.25) is 0 Å². The van der Waals surface area contributed by atoms with Gasteiger partial charge in [0.25, 0.3) is 5.89 Å². The number of hydrogen-bond donors (Lipinski definition) is 0. The zero-order valence-corrected chi connectivity index (χ0v) is 14.8. The van der Waals surface area contributed by atoms with E-state index in [2.05, 4.69) is 20.2 Å². The molecule has 0 aliphatic carbocycles. The van der Waals surface area contributed by atoms with Crippen LogP contribution in [0.5, 0.6) is 0 Å². The lowest BCUT2D eigenvalue weighted by atomic mass is 10.0. The second-order valence-electron chi connectivity index (χ2n) is 6.28. The lowest BCUT2D eigenvalue weighted by molar-refractivity contribution is 0.138. The van der Waals surface area contributed by atoms with Crippen LogP contribution in [0.4, 0.5) is 0 Å². The predicted octanol–water partition coefficient (Wildman–Crippen LogP) is 4.74. The Morgan fingerprint density at radius 3 is 2.92 bits per heavy atom. The number of aromatic nitrogens is 2. The molecule has 1 saturated heterocycles. The van der Waals surface area contributed by atoms with Crippen molar-refractivity contribution in [3.05, 3.63) is 45.9 Å². The number of oxazole rings is 1. The van der Waals surface area contributed by atoms with Crippen LogP contribution in [-0.2, 0) is 6.54 Å². The number of rotatable bonds is 4. The van der Waals surface area contributed by atoms with Crippen LogP contribution >= 0.6 is 11.3 Å². The van der Waals surface area contributed by atoms with Crippen LogP contribution in [0.3, 0.4) is 0 Å². The fraction of sp³-hybridized carbons (Fsp3) is 0.444. The maximum atomic E-state index is 5.84. The summed E-state index contributed by atoms with van der Waals surface area (Å²) in [6.07, 6.45) is 5.54. The molecule has 1 aliphatic rings. The Bertz CT molecular complexity index is 806. The molecule has 6 heteroatoms. The largest absolute Gasteiger partial charge is 0.456 e. The second-order valence-corrected chi connectivity index (χ2v) is 7.21. The van der Waals surface area contributed by atoms with Gasteiger partial charge in [0, 0.05) is 18.1 Å². The summed E-state index contributed by atoms with van der Waals surface area (Å²) in [6.45, 7) is 5.77. The molecule has 0 aromatic carbocycles. The number of hydrogen-bond acceptors (Lipinski definition) is 6. The van der Waals surface area contributed by atoms with Gasteiger partial charge in [-0.15, -0.1) is 11.3 Å². The number of thiazole rings is 1. The molecule has 4 heterocycles. The van der Waals surface area contributed by atoms with Crippen molar-refractivity contribution in [3.8, 4) is 11.7 Å². The fourth-order valence-corrected chi connectivity index (χ4v) is 4.09. The molecule has 5 nitrogen and oxygen atoms in total. The molecule has 0 amide bonds. The zero-order chi connectivity index (χ0) is 16.5. The molecule has 3 aromatic rings. The Labute approximate surface area is 145 Å². The molecule has 0 unspecified atom stereocenters. The average molecular weight is 343 g/mol. The summed E-state index contributed by atoms with van der Waals surface area (Å²) in [4.78, 5) is 11.7. The van der Waals surface area contributed by atoms with E-state index in [1.807, 2.05) is 32.2 Å². The molecular weight excluding hydrogens is 322 g/mol. The Morgan fingerprint density at radius 1 is 1.25 bits per heavy atom. The molecule has 24 heavy (non-hydrogen) atoms. The fourth-order valence-electron chi connectivity index (χ4n) is 3.28. The van der Waals surface area contributed by atoms with Crippen LogP contribution in [0, 0.1) is 13.8 Å². The molecule has 0 saturated carbocycles. The number of likely N-dealkylation sites (tertiary alicyclic amines) is 1. The minimum absolute atomic E-state index is 0.393. The van der Waals surface area contributed by atoms with Crippen molar-refractivity contribution in [3.63, 3.8) is 0 Å². The lowest BCUT2D eigenvalue weighted by Crippen LogP contribution is -2.33. The molecule has 3 aromatic heterocycles. The van der Waals surface area contributed by atoms with Crippen LogP contribution in [0.15, 0.2) is 32.5 Å². The van der Waals surface area contributed by atoms with Gasteiger partial charge in [-0.2, -0.15) is 0 Å². The van der Waals surface area contributed by atoms with Crippen LogP contribution in [0.1, 0.15) is 47.5 Å². The highest BCUT2D eigenvalue weighted by atomic mass is 32.1. The van der Waals surface area contributed by atoms with Crippen molar-refractivity contribution in [2.75, 3.05) is 6.54 Å². The highest BCUT2D eigenvalue weighted by molar-refractivity contribution is 7.09. The van der Waals surface area contributed by atoms with Gasteiger partial charge in [-0.3, -0.25) is 4.90 Å². The standard InChI is InChI=1S/C18H21N3O2S/c1-12-6-7-16(22-12)17-20-14(13(2)23-17)11-21-9-4-3-5-15(21)18-19-8-10-24-18/h6-8,10,15H,3-5,9,11H2,1-2H3/t15-/m0/s1. The summed E-state index contributed by atoms with van der Waals surface area (Å²) in [5, 5.41) is 3.26. The highest BCUT2D eigenvalue weighted by Gasteiger charge is 2.27. The van der Waals surface area contributed by atoms with Gasteiger partial charge in [0.05, 0.1) is 11.7 Å². The van der Waals surface area contributed by atoms with E-state index in [-0.39, 0.29) is 0 Å². The van der Waals surface area contributed by atoms with E-state index in [0.29, 0.717) is 17.7 Å². The minimum Gasteiger partial charge on any atom is -0.456 e. The molecule has 0 radical (unpaired) electrons. The molecule has 0 bridgehead atoms. The van der Waals surface area contributed by atoms with Gasteiger partial charge >= 0.3 is 0 Å². The van der Waals surface area contributed by atoms with Gasteiger partial charge in [0.1, 0.15) is 16.5 Å². The van der Waals surface area contributed by atoms with Crippen LogP contribution < -0.4 is 0 Å². The van der Waals surface area contributed by atoms with E-state index in [0.717, 1.165) is 36.7 Å². The van der Waals surface area contributed by atoms with E-state index < -0.39 is 0 Å². The molecular formula is C18H21N3O2S. The van der Waals surface area contributed by atoms with Crippen LogP contribution in [0.25, 0.3) is 11.7 Å². The molecule has 1 fully saturated rings. The third-order valence-corrected chi connectivity index (χ3v) is 5.42. The molecule has 1 aliphatic heterocycles. The first-order valence-electron chi connectivity index (χ1n) is 8.37. The van der Waals surface area contributed by atoms with Crippen molar-refractivity contribution < 1.29 is 8.83 Å². The molecule has 1 atom stereocenters. The summed E-state index contributed by atoms with van der Waals surface area (Å²) in [5.74, 6) is 2.99.